The Morgan fingerprint density at radius 1 is 0.900 bits per heavy atom. The van der Waals surface area contributed by atoms with Crippen LogP contribution in [0.5, 0.6) is 0 Å². The summed E-state index contributed by atoms with van der Waals surface area (Å²) in [6.07, 6.45) is 9.23. The first-order valence-corrected chi connectivity index (χ1v) is 15.5. The Morgan fingerprint density at radius 2 is 1.60 bits per heavy atom. The number of hydrogen-bond acceptors (Lipinski definition) is 3. The van der Waals surface area contributed by atoms with Crippen molar-refractivity contribution >= 4 is 36.5 Å². The molecule has 0 saturated heterocycles. The topological polar surface area (TPSA) is 17.1 Å². The molecule has 0 amide bonds. The average molecular weight is 441 g/mol. The van der Waals surface area contributed by atoms with E-state index < -0.39 is 8.07 Å². The molecule has 7 rings (SSSR count). The van der Waals surface area contributed by atoms with Gasteiger partial charge in [-0.2, -0.15) is 11.3 Å². The molecule has 2 heterocycles. The lowest BCUT2D eigenvalue weighted by atomic mass is 9.69. The minimum Gasteiger partial charge on any atom is -0.288 e. The van der Waals surface area contributed by atoms with Gasteiger partial charge < -0.3 is 0 Å². The fourth-order valence-electron chi connectivity index (χ4n) is 4.86. The highest BCUT2D eigenvalue weighted by Crippen LogP contribution is 2.55. The Bertz CT molecular complexity index is 1340. The van der Waals surface area contributed by atoms with Crippen LogP contribution in [-0.2, 0) is 0 Å². The first-order valence-electron chi connectivity index (χ1n) is 10.2. The van der Waals surface area contributed by atoms with Gasteiger partial charge in [-0.1, -0.05) is 49.9 Å². The van der Waals surface area contributed by atoms with Crippen LogP contribution in [-0.4, -0.2) is 13.9 Å². The molecule has 0 N–H and O–H groups in total. The zero-order valence-corrected chi connectivity index (χ0v) is 19.7. The number of rotatable bonds is 1. The third kappa shape index (κ3) is 2.50. The Morgan fingerprint density at radius 3 is 2.23 bits per heavy atom. The highest BCUT2D eigenvalue weighted by Gasteiger charge is 2.40. The monoisotopic (exact) mass is 440 g/mol. The van der Waals surface area contributed by atoms with E-state index in [0.29, 0.717) is 0 Å². The second-order valence-corrected chi connectivity index (χ2v) is 15.6. The smallest absolute Gasteiger partial charge is 0.205 e. The van der Waals surface area contributed by atoms with Crippen LogP contribution in [0, 0.1) is 11.5 Å². The standard InChI is InChI=1S/C26H20OS2Si/c1-30(2,3)13-10-18-20(17-8-11-28-14-17)21-15-4-6-16(7-5-15)22(21)23-19-9-12-29-26(19)25(27)24(18)23/h4-9,11-12,14-16H,1-3H3. The van der Waals surface area contributed by atoms with Gasteiger partial charge in [-0.15, -0.1) is 16.9 Å². The van der Waals surface area contributed by atoms with Gasteiger partial charge in [-0.25, -0.2) is 0 Å². The molecule has 0 atom stereocenters. The second kappa shape index (κ2) is 6.27. The summed E-state index contributed by atoms with van der Waals surface area (Å²) >= 11 is 3.26. The maximum atomic E-state index is 13.6. The molecule has 1 aromatic carbocycles. The molecule has 30 heavy (non-hydrogen) atoms. The maximum Gasteiger partial charge on any atom is 0.205 e. The SMILES string of the molecule is C[Si](C)(C)C#Cc1c2c(c3c(c1-c1ccsc1)C1C=CC3C=C1)-c1ccsc1C2=O. The zero-order valence-electron chi connectivity index (χ0n) is 17.1. The average Bonchev–Trinajstić information content (AvgIpc) is 3.46. The fraction of sp³-hybridized carbons (Fsp3) is 0.192. The first kappa shape index (κ1) is 18.3. The van der Waals surface area contributed by atoms with Gasteiger partial charge in [0.05, 0.1) is 4.88 Å². The van der Waals surface area contributed by atoms with Gasteiger partial charge in [0.15, 0.2) is 0 Å². The quantitative estimate of drug-likeness (QED) is 0.173. The van der Waals surface area contributed by atoms with E-state index >= 15 is 0 Å². The highest BCUT2D eigenvalue weighted by atomic mass is 32.1. The summed E-state index contributed by atoms with van der Waals surface area (Å²) in [4.78, 5) is 14.5. The maximum absolute atomic E-state index is 13.6. The number of thiophene rings is 2. The van der Waals surface area contributed by atoms with Crippen LogP contribution in [0.15, 0.2) is 52.6 Å². The highest BCUT2D eigenvalue weighted by molar-refractivity contribution is 7.13. The lowest BCUT2D eigenvalue weighted by molar-refractivity contribution is 0.104. The largest absolute Gasteiger partial charge is 0.288 e. The number of fused-ring (bicyclic) bond motifs is 3. The molecule has 2 bridgehead atoms. The molecule has 0 saturated carbocycles. The van der Waals surface area contributed by atoms with Crippen LogP contribution in [0.1, 0.15) is 43.8 Å². The molecule has 4 heteroatoms. The van der Waals surface area contributed by atoms with Crippen LogP contribution in [0.2, 0.25) is 19.6 Å². The number of ketones is 1. The van der Waals surface area contributed by atoms with E-state index in [1.807, 2.05) is 5.38 Å². The van der Waals surface area contributed by atoms with Crippen molar-refractivity contribution in [2.24, 2.45) is 0 Å². The van der Waals surface area contributed by atoms with E-state index in [0.717, 1.165) is 27.1 Å². The first-order chi connectivity index (χ1) is 14.4. The van der Waals surface area contributed by atoms with Crippen LogP contribution in [0.4, 0.5) is 0 Å². The predicted octanol–water partition coefficient (Wildman–Crippen LogP) is 7.22. The third-order valence-electron chi connectivity index (χ3n) is 6.04. The number of carbonyl (C=O) groups is 1. The second-order valence-electron chi connectivity index (χ2n) is 9.15. The Labute approximate surface area is 185 Å². The van der Waals surface area contributed by atoms with Crippen LogP contribution >= 0.6 is 22.7 Å². The van der Waals surface area contributed by atoms with Crippen molar-refractivity contribution in [2.75, 3.05) is 0 Å². The lowest BCUT2D eigenvalue weighted by Gasteiger charge is -2.34. The molecule has 0 unspecified atom stereocenters. The summed E-state index contributed by atoms with van der Waals surface area (Å²) in [5.41, 5.74) is 12.7. The molecule has 4 aliphatic rings. The normalized spacial score (nSPS) is 20.0. The van der Waals surface area contributed by atoms with Crippen molar-refractivity contribution in [3.63, 3.8) is 0 Å². The molecule has 2 aromatic heterocycles. The summed E-state index contributed by atoms with van der Waals surface area (Å²) in [6.45, 7) is 6.78. The van der Waals surface area contributed by atoms with Crippen LogP contribution in [0.3, 0.4) is 0 Å². The number of benzene rings is 1. The van der Waals surface area contributed by atoms with E-state index in [-0.39, 0.29) is 17.6 Å². The summed E-state index contributed by atoms with van der Waals surface area (Å²) in [6, 6.07) is 4.30. The molecular weight excluding hydrogens is 421 g/mol. The Kier molecular flexibility index (Phi) is 3.83. The van der Waals surface area contributed by atoms with Gasteiger partial charge in [-0.3, -0.25) is 4.79 Å². The van der Waals surface area contributed by atoms with E-state index in [4.69, 9.17) is 0 Å². The van der Waals surface area contributed by atoms with Crippen molar-refractivity contribution in [3.8, 4) is 33.7 Å². The molecule has 146 valence electrons. The van der Waals surface area contributed by atoms with Crippen molar-refractivity contribution in [2.45, 2.75) is 31.5 Å². The molecule has 1 nitrogen and oxygen atoms in total. The van der Waals surface area contributed by atoms with Gasteiger partial charge >= 0.3 is 0 Å². The molecule has 4 aliphatic carbocycles. The van der Waals surface area contributed by atoms with Crippen molar-refractivity contribution in [1.82, 2.24) is 0 Å². The molecule has 0 radical (unpaired) electrons. The van der Waals surface area contributed by atoms with E-state index in [2.05, 4.69) is 78.3 Å². The summed E-state index contributed by atoms with van der Waals surface area (Å²) < 4.78 is 0. The van der Waals surface area contributed by atoms with Crippen molar-refractivity contribution in [3.05, 3.63) is 79.7 Å². The van der Waals surface area contributed by atoms with E-state index in [9.17, 15) is 4.79 Å². The summed E-state index contributed by atoms with van der Waals surface area (Å²) in [5, 5.41) is 6.37. The van der Waals surface area contributed by atoms with Gasteiger partial charge in [0.1, 0.15) is 8.07 Å². The lowest BCUT2D eigenvalue weighted by Crippen LogP contribution is -2.19. The molecule has 0 spiro atoms. The van der Waals surface area contributed by atoms with Crippen LogP contribution in [0.25, 0.3) is 22.3 Å². The van der Waals surface area contributed by atoms with E-state index in [1.54, 1.807) is 22.7 Å². The van der Waals surface area contributed by atoms with Crippen LogP contribution < -0.4 is 0 Å². The third-order valence-corrected chi connectivity index (χ3v) is 8.51. The zero-order chi connectivity index (χ0) is 20.6. The van der Waals surface area contributed by atoms with Gasteiger partial charge in [0, 0.05) is 39.7 Å². The molecule has 0 aliphatic heterocycles. The van der Waals surface area contributed by atoms with Crippen molar-refractivity contribution < 1.29 is 4.79 Å². The minimum atomic E-state index is -1.61. The van der Waals surface area contributed by atoms with Gasteiger partial charge in [0.2, 0.25) is 5.78 Å². The number of carbonyl (C=O) groups excluding carboxylic acids is 1. The van der Waals surface area contributed by atoms with Crippen molar-refractivity contribution in [1.29, 1.82) is 0 Å². The summed E-state index contributed by atoms with van der Waals surface area (Å²) in [5.74, 6) is 4.19. The molecule has 3 aromatic rings. The van der Waals surface area contributed by atoms with Gasteiger partial charge in [0.25, 0.3) is 0 Å². The minimum absolute atomic E-state index is 0.156. The fourth-order valence-corrected chi connectivity index (χ4v) is 6.85. The molecular formula is C26H20OS2Si. The predicted molar refractivity (Wildman–Crippen MR) is 130 cm³/mol. The summed E-state index contributed by atoms with van der Waals surface area (Å²) in [7, 11) is -1.61. The number of allylic oxidation sites excluding steroid dienone is 4. The number of hydrogen-bond donors (Lipinski definition) is 0. The van der Waals surface area contributed by atoms with Gasteiger partial charge in [-0.05, 0) is 45.0 Å². The Balaban J connectivity index is 1.80. The molecule has 0 fully saturated rings. The Hall–Kier alpha value is -2.45. The van der Waals surface area contributed by atoms with E-state index in [1.165, 1.54) is 22.3 Å².